The van der Waals surface area contributed by atoms with Crippen molar-refractivity contribution in [3.63, 3.8) is 0 Å². The molecule has 0 bridgehead atoms. The number of hydrogen-bond acceptors (Lipinski definition) is 3. The minimum atomic E-state index is -4.54. The number of rotatable bonds is 4. The molecular formula is C22H11ClF8O2S. The van der Waals surface area contributed by atoms with Gasteiger partial charge >= 0.3 is 6.18 Å². The van der Waals surface area contributed by atoms with E-state index in [4.69, 9.17) is 20.5 Å². The molecule has 34 heavy (non-hydrogen) atoms. The minimum absolute atomic E-state index is 0.0687. The molecule has 2 nitrogen and oxygen atoms in total. The molecule has 180 valence electrons. The van der Waals surface area contributed by atoms with Gasteiger partial charge in [-0.15, -0.1) is 0 Å². The zero-order valence-corrected chi connectivity index (χ0v) is 18.2. The van der Waals surface area contributed by atoms with Crippen molar-refractivity contribution >= 4 is 23.6 Å². The third-order valence-electron chi connectivity index (χ3n) is 5.12. The molecule has 0 fully saturated rings. The summed E-state index contributed by atoms with van der Waals surface area (Å²) in [7, 11) is 0. The Kier molecular flexibility index (Phi) is 6.61. The van der Waals surface area contributed by atoms with Gasteiger partial charge in [-0.1, -0.05) is 23.7 Å². The predicted molar refractivity (Wildman–Crippen MR) is 108 cm³/mol. The molecule has 1 atom stereocenters. The van der Waals surface area contributed by atoms with E-state index in [-0.39, 0.29) is 16.5 Å². The summed E-state index contributed by atoms with van der Waals surface area (Å²) in [6.45, 7) is 0.196. The molecule has 12 heteroatoms. The Hall–Kier alpha value is -2.66. The number of ether oxygens (including phenoxy) is 1. The lowest BCUT2D eigenvalue weighted by atomic mass is 9.86. The Morgan fingerprint density at radius 2 is 1.47 bits per heavy atom. The van der Waals surface area contributed by atoms with Crippen LogP contribution in [0.15, 0.2) is 41.3 Å². The largest absolute Gasteiger partial charge is 0.493 e. The third-order valence-corrected chi connectivity index (χ3v) is 6.14. The van der Waals surface area contributed by atoms with Crippen molar-refractivity contribution < 1.29 is 44.0 Å². The first-order valence-corrected chi connectivity index (χ1v) is 10.6. The number of fused-ring (bicyclic) bond motifs is 1. The summed E-state index contributed by atoms with van der Waals surface area (Å²) in [4.78, 5) is 0.210. The quantitative estimate of drug-likeness (QED) is 0.148. The maximum absolute atomic E-state index is 13.8. The fourth-order valence-electron chi connectivity index (χ4n) is 3.48. The topological polar surface area (TPSA) is 18.5 Å². The van der Waals surface area contributed by atoms with E-state index in [2.05, 4.69) is 0 Å². The van der Waals surface area contributed by atoms with Gasteiger partial charge in [-0.2, -0.15) is 22.0 Å². The van der Waals surface area contributed by atoms with E-state index in [0.29, 0.717) is 35.3 Å². The van der Waals surface area contributed by atoms with Crippen LogP contribution in [0.4, 0.5) is 35.1 Å². The van der Waals surface area contributed by atoms with Crippen molar-refractivity contribution in [3.8, 4) is 11.5 Å². The van der Waals surface area contributed by atoms with Gasteiger partial charge < -0.3 is 8.92 Å². The van der Waals surface area contributed by atoms with Gasteiger partial charge in [0.05, 0.1) is 29.1 Å². The van der Waals surface area contributed by atoms with E-state index < -0.39 is 52.5 Å². The number of halogens is 9. The van der Waals surface area contributed by atoms with Crippen LogP contribution in [0.25, 0.3) is 0 Å². The lowest BCUT2D eigenvalue weighted by molar-refractivity contribution is -0.137. The first-order valence-electron chi connectivity index (χ1n) is 9.48. The number of hydrogen-bond donors (Lipinski definition) is 0. The predicted octanol–water partition coefficient (Wildman–Crippen LogP) is 8.05. The molecule has 0 saturated carbocycles. The van der Waals surface area contributed by atoms with Crippen molar-refractivity contribution in [1.29, 1.82) is 0 Å². The van der Waals surface area contributed by atoms with Crippen molar-refractivity contribution in [1.82, 2.24) is 0 Å². The van der Waals surface area contributed by atoms with E-state index >= 15 is 0 Å². The average Bonchev–Trinajstić information content (AvgIpc) is 2.80. The maximum Gasteiger partial charge on any atom is 0.416 e. The van der Waals surface area contributed by atoms with Crippen LogP contribution in [0.1, 0.15) is 29.0 Å². The first kappa shape index (κ1) is 24.5. The maximum atomic E-state index is 13.8. The van der Waals surface area contributed by atoms with E-state index in [0.717, 1.165) is 12.1 Å². The Bertz CT molecular complexity index is 1240. The van der Waals surface area contributed by atoms with Gasteiger partial charge in [0.1, 0.15) is 5.75 Å². The van der Waals surface area contributed by atoms with Gasteiger partial charge in [0.2, 0.25) is 34.8 Å². The van der Waals surface area contributed by atoms with E-state index in [1.807, 2.05) is 0 Å². The fourth-order valence-corrected chi connectivity index (χ4v) is 4.40. The van der Waals surface area contributed by atoms with Crippen molar-refractivity contribution in [2.45, 2.75) is 23.4 Å². The second-order valence-electron chi connectivity index (χ2n) is 7.19. The van der Waals surface area contributed by atoms with Gasteiger partial charge in [0.25, 0.3) is 0 Å². The molecule has 3 aromatic carbocycles. The molecule has 1 unspecified atom stereocenters. The Morgan fingerprint density at radius 3 is 2.09 bits per heavy atom. The molecule has 0 N–H and O–H groups in total. The van der Waals surface area contributed by atoms with E-state index in [1.165, 1.54) is 18.2 Å². The molecule has 4 rings (SSSR count). The van der Waals surface area contributed by atoms with E-state index in [1.54, 1.807) is 6.07 Å². The van der Waals surface area contributed by atoms with Gasteiger partial charge in [-0.25, -0.2) is 13.2 Å². The van der Waals surface area contributed by atoms with Gasteiger partial charge in [0.15, 0.2) is 0 Å². The van der Waals surface area contributed by atoms with Gasteiger partial charge in [-0.3, -0.25) is 0 Å². The summed E-state index contributed by atoms with van der Waals surface area (Å²) in [5.74, 6) is -12.4. The molecule has 1 aliphatic rings. The van der Waals surface area contributed by atoms with Crippen LogP contribution in [0, 0.1) is 29.1 Å². The molecule has 0 aliphatic carbocycles. The van der Waals surface area contributed by atoms with Gasteiger partial charge in [-0.05, 0) is 36.2 Å². The number of alkyl halides is 3. The molecule has 0 aromatic heterocycles. The minimum Gasteiger partial charge on any atom is -0.493 e. The fraction of sp³-hybridized carbons (Fsp3) is 0.182. The van der Waals surface area contributed by atoms with Crippen LogP contribution in [-0.4, -0.2) is 6.61 Å². The summed E-state index contributed by atoms with van der Waals surface area (Å²) in [6.07, 6.45) is -4.12. The first-order chi connectivity index (χ1) is 16.0. The molecule has 1 heterocycles. The summed E-state index contributed by atoms with van der Waals surface area (Å²) in [6, 6.07) is 7.47. The second-order valence-corrected chi connectivity index (χ2v) is 8.40. The molecule has 1 aliphatic heterocycles. The van der Waals surface area contributed by atoms with Crippen LogP contribution in [-0.2, 0) is 6.18 Å². The average molecular weight is 527 g/mol. The Labute approximate surface area is 196 Å². The van der Waals surface area contributed by atoms with Crippen LogP contribution in [0.3, 0.4) is 0 Å². The summed E-state index contributed by atoms with van der Waals surface area (Å²) in [5.41, 5.74) is 0.163. The molecular weight excluding hydrogens is 516 g/mol. The van der Waals surface area contributed by atoms with Crippen LogP contribution < -0.4 is 8.92 Å². The number of benzene rings is 3. The highest BCUT2D eigenvalue weighted by Crippen LogP contribution is 2.44. The molecule has 0 spiro atoms. The van der Waals surface area contributed by atoms with Crippen LogP contribution in [0.5, 0.6) is 11.5 Å². The lowest BCUT2D eigenvalue weighted by Gasteiger charge is -2.27. The molecule has 0 radical (unpaired) electrons. The summed E-state index contributed by atoms with van der Waals surface area (Å²) in [5, 5.41) is -0.0687. The summed E-state index contributed by atoms with van der Waals surface area (Å²) >= 11 is 6.46. The highest BCUT2D eigenvalue weighted by Gasteiger charge is 2.33. The molecule has 3 aromatic rings. The standard InChI is InChI=1S/C22H11ClF8O2S/c23-14-7-9(22(29,30)31)1-3-12(14)11-5-6-32-15-8-10(2-4-13(11)15)34-33-21-19(27)17(25)16(24)18(26)20(21)28/h1-4,7-8,11H,5-6H2. The smallest absolute Gasteiger partial charge is 0.416 e. The third kappa shape index (κ3) is 4.50. The lowest BCUT2D eigenvalue weighted by Crippen LogP contribution is -2.16. The highest BCUT2D eigenvalue weighted by molar-refractivity contribution is 7.95. The second kappa shape index (κ2) is 9.18. The van der Waals surface area contributed by atoms with Crippen molar-refractivity contribution in [3.05, 3.63) is 87.2 Å². The van der Waals surface area contributed by atoms with Crippen LogP contribution in [0.2, 0.25) is 5.02 Å². The zero-order chi connectivity index (χ0) is 24.8. The Balaban J connectivity index is 1.59. The van der Waals surface area contributed by atoms with Crippen molar-refractivity contribution in [2.75, 3.05) is 6.61 Å². The van der Waals surface area contributed by atoms with Crippen molar-refractivity contribution in [2.24, 2.45) is 0 Å². The zero-order valence-electron chi connectivity index (χ0n) is 16.6. The molecule has 0 saturated heterocycles. The highest BCUT2D eigenvalue weighted by atomic mass is 35.5. The van der Waals surface area contributed by atoms with Gasteiger partial charge in [0, 0.05) is 16.5 Å². The Morgan fingerprint density at radius 1 is 0.853 bits per heavy atom. The summed E-state index contributed by atoms with van der Waals surface area (Å²) < 4.78 is 117. The van der Waals surface area contributed by atoms with E-state index in [9.17, 15) is 35.1 Å². The molecule has 0 amide bonds. The SMILES string of the molecule is Fc1c(F)c(F)c(OSc2ccc3c(c2)OCCC3c2ccc(C(F)(F)F)cc2Cl)c(F)c1F. The monoisotopic (exact) mass is 526 g/mol. The van der Waals surface area contributed by atoms with Crippen LogP contribution >= 0.6 is 23.6 Å². The normalized spacial score (nSPS) is 15.6.